The van der Waals surface area contributed by atoms with E-state index in [0.717, 1.165) is 57.8 Å². The van der Waals surface area contributed by atoms with Crippen LogP contribution in [0.5, 0.6) is 0 Å². The van der Waals surface area contributed by atoms with E-state index in [1.807, 2.05) is 0 Å². The molecule has 0 amide bonds. The van der Waals surface area contributed by atoms with Crippen molar-refractivity contribution in [2.75, 3.05) is 26.4 Å². The first kappa shape index (κ1) is 64.3. The van der Waals surface area contributed by atoms with E-state index in [1.54, 1.807) is 0 Å². The second-order valence-electron chi connectivity index (χ2n) is 19.2. The minimum Gasteiger partial charge on any atom is -0.457 e. The molecule has 0 spiro atoms. The highest BCUT2D eigenvalue weighted by Crippen LogP contribution is 2.26. The molecule has 1 fully saturated rings. The molecule has 0 radical (unpaired) electrons. The van der Waals surface area contributed by atoms with Crippen LogP contribution in [0.15, 0.2) is 36.5 Å². The molecule has 0 aromatic heterocycles. The molecule has 0 aliphatic carbocycles. The first-order valence-electron chi connectivity index (χ1n) is 27.7. The van der Waals surface area contributed by atoms with E-state index in [4.69, 9.17) is 18.9 Å². The van der Waals surface area contributed by atoms with E-state index in [1.165, 1.54) is 161 Å². The predicted molar refractivity (Wildman–Crippen MR) is 276 cm³/mol. The highest BCUT2D eigenvalue weighted by atomic mass is 32.3. The van der Waals surface area contributed by atoms with Gasteiger partial charge in [-0.2, -0.15) is 8.42 Å². The molecule has 13 heteroatoms. The number of ether oxygens (including phenoxy) is 4. The number of esters is 1. The molecule has 0 saturated carbocycles. The lowest BCUT2D eigenvalue weighted by atomic mass is 9.99. The van der Waals surface area contributed by atoms with Crippen molar-refractivity contribution in [2.45, 2.75) is 282 Å². The highest BCUT2D eigenvalue weighted by molar-refractivity contribution is 7.80. The molecule has 1 heterocycles. The minimum absolute atomic E-state index is 0.0363. The quantitative estimate of drug-likeness (QED) is 0.0197. The molecular weight excluding hydrogens is 885 g/mol. The maximum absolute atomic E-state index is 12.9. The van der Waals surface area contributed by atoms with Crippen molar-refractivity contribution in [1.29, 1.82) is 0 Å². The number of hydrogen-bond acceptors (Lipinski definition) is 11. The molecule has 1 rings (SSSR count). The van der Waals surface area contributed by atoms with Gasteiger partial charge in [0.1, 0.15) is 30.5 Å². The zero-order valence-corrected chi connectivity index (χ0v) is 44.0. The number of rotatable bonds is 49. The summed E-state index contributed by atoms with van der Waals surface area (Å²) >= 11 is 0. The number of aliphatic hydroxyl groups excluding tert-OH is 3. The van der Waals surface area contributed by atoms with E-state index in [9.17, 15) is 33.1 Å². The number of allylic oxidation sites excluding steroid dienone is 6. The van der Waals surface area contributed by atoms with Crippen molar-refractivity contribution in [3.05, 3.63) is 36.5 Å². The Morgan fingerprint density at radius 1 is 0.559 bits per heavy atom. The van der Waals surface area contributed by atoms with Gasteiger partial charge in [-0.3, -0.25) is 9.35 Å². The Morgan fingerprint density at radius 3 is 1.41 bits per heavy atom. The third kappa shape index (κ3) is 39.0. The van der Waals surface area contributed by atoms with Crippen molar-refractivity contribution in [3.63, 3.8) is 0 Å². The first-order valence-corrected chi connectivity index (χ1v) is 29.1. The number of aliphatic hydroxyl groups is 3. The predicted octanol–water partition coefficient (Wildman–Crippen LogP) is 13.3. The van der Waals surface area contributed by atoms with Gasteiger partial charge in [0, 0.05) is 13.0 Å². The average Bonchev–Trinajstić information content (AvgIpc) is 3.31. The summed E-state index contributed by atoms with van der Waals surface area (Å²) in [4.78, 5) is 12.9. The molecule has 0 aromatic rings. The molecule has 0 bridgehead atoms. The van der Waals surface area contributed by atoms with Gasteiger partial charge in [-0.1, -0.05) is 224 Å². The lowest BCUT2D eigenvalue weighted by Gasteiger charge is -2.41. The molecule has 400 valence electrons. The van der Waals surface area contributed by atoms with Gasteiger partial charge in [-0.05, 0) is 51.4 Å². The van der Waals surface area contributed by atoms with Gasteiger partial charge in [0.25, 0.3) is 0 Å². The second kappa shape index (κ2) is 46.4. The van der Waals surface area contributed by atoms with Crippen LogP contribution in [0.4, 0.5) is 0 Å². The summed E-state index contributed by atoms with van der Waals surface area (Å²) in [6.07, 6.45) is 47.4. The van der Waals surface area contributed by atoms with Crippen LogP contribution in [0.3, 0.4) is 0 Å². The van der Waals surface area contributed by atoms with Gasteiger partial charge in [-0.15, -0.1) is 0 Å². The summed E-state index contributed by atoms with van der Waals surface area (Å²) in [6.45, 7) is 4.02. The fourth-order valence-corrected chi connectivity index (χ4v) is 9.07. The summed E-state index contributed by atoms with van der Waals surface area (Å²) in [5.74, 6) is -0.402. The summed E-state index contributed by atoms with van der Waals surface area (Å²) in [7, 11) is -5.07. The van der Waals surface area contributed by atoms with Crippen LogP contribution >= 0.6 is 0 Å². The van der Waals surface area contributed by atoms with E-state index >= 15 is 0 Å². The number of carbonyl (C=O) groups is 1. The van der Waals surface area contributed by atoms with Crippen molar-refractivity contribution < 1.29 is 56.2 Å². The third-order valence-electron chi connectivity index (χ3n) is 12.8. The maximum atomic E-state index is 12.9. The van der Waals surface area contributed by atoms with E-state index in [0.29, 0.717) is 13.0 Å². The lowest BCUT2D eigenvalue weighted by molar-refractivity contribution is -0.301. The molecule has 12 nitrogen and oxygen atoms in total. The highest BCUT2D eigenvalue weighted by Gasteiger charge is 2.48. The summed E-state index contributed by atoms with van der Waals surface area (Å²) in [5.41, 5.74) is 0. The fraction of sp³-hybridized carbons (Fsp3) is 0.873. The average molecular weight is 987 g/mol. The van der Waals surface area contributed by atoms with E-state index in [2.05, 4.69) is 54.5 Å². The largest absolute Gasteiger partial charge is 0.457 e. The van der Waals surface area contributed by atoms with Gasteiger partial charge in [0.15, 0.2) is 6.29 Å². The molecule has 1 saturated heterocycles. The molecule has 1 aliphatic heterocycles. The number of carbonyl (C=O) groups excluding carboxylic acids is 1. The van der Waals surface area contributed by atoms with Gasteiger partial charge in [0.2, 0.25) is 0 Å². The topological polar surface area (TPSA) is 178 Å². The third-order valence-corrected chi connectivity index (χ3v) is 13.2. The minimum atomic E-state index is -5.07. The van der Waals surface area contributed by atoms with E-state index in [-0.39, 0.29) is 19.6 Å². The Bertz CT molecular complexity index is 1320. The van der Waals surface area contributed by atoms with Gasteiger partial charge in [-0.25, -0.2) is 4.18 Å². The molecule has 1 aliphatic rings. The van der Waals surface area contributed by atoms with Crippen LogP contribution in [-0.4, -0.2) is 97.5 Å². The van der Waals surface area contributed by atoms with Crippen LogP contribution in [-0.2, 0) is 38.3 Å². The van der Waals surface area contributed by atoms with Crippen LogP contribution in [0, 0.1) is 0 Å². The molecule has 68 heavy (non-hydrogen) atoms. The van der Waals surface area contributed by atoms with E-state index < -0.39 is 59.8 Å². The SMILES string of the molecule is CCCCCCC/C=C\C/C=C\C/C=C\CCCCCCCCCCC(=O)OC(COCCCCCCCCCCCCCCCCCCCC)COC1OC(CO)C(O)C(OS(=O)(=O)O)C1O. The van der Waals surface area contributed by atoms with Crippen molar-refractivity contribution in [2.24, 2.45) is 0 Å². The van der Waals surface area contributed by atoms with Crippen LogP contribution < -0.4 is 0 Å². The Morgan fingerprint density at radius 2 is 0.971 bits per heavy atom. The summed E-state index contributed by atoms with van der Waals surface area (Å²) in [6, 6.07) is 0. The van der Waals surface area contributed by atoms with Crippen molar-refractivity contribution in [1.82, 2.24) is 0 Å². The Balaban J connectivity index is 2.33. The van der Waals surface area contributed by atoms with Crippen molar-refractivity contribution in [3.8, 4) is 0 Å². The van der Waals surface area contributed by atoms with Crippen molar-refractivity contribution >= 4 is 16.4 Å². The summed E-state index contributed by atoms with van der Waals surface area (Å²) < 4.78 is 59.4. The number of unbranched alkanes of at least 4 members (excludes halogenated alkanes) is 30. The van der Waals surface area contributed by atoms with Gasteiger partial charge in [0.05, 0.1) is 19.8 Å². The number of hydrogen-bond donors (Lipinski definition) is 4. The smallest absolute Gasteiger partial charge is 0.397 e. The monoisotopic (exact) mass is 987 g/mol. The molecule has 6 unspecified atom stereocenters. The Kier molecular flexibility index (Phi) is 43.9. The standard InChI is InChI=1S/C55H102O12S/c1-3-5-7-9-11-13-15-17-19-21-23-24-25-26-27-28-30-32-34-36-38-40-42-44-51(57)65-49(48-64-55-53(59)54(67-68(60,61)62)52(58)50(46-56)66-55)47-63-45-43-41-39-37-35-33-31-29-22-20-18-16-14-12-10-8-6-4-2/h15,17,21,23,25-26,49-50,52-56,58-59H,3-14,16,18-20,22,24,27-48H2,1-2H3,(H,60,61,62)/b17-15-,23-21-,26-25-. The molecular formula is C55H102O12S. The maximum Gasteiger partial charge on any atom is 0.397 e. The van der Waals surface area contributed by atoms with Crippen LogP contribution in [0.1, 0.15) is 245 Å². The molecule has 6 atom stereocenters. The van der Waals surface area contributed by atoms with Crippen LogP contribution in [0.25, 0.3) is 0 Å². The molecule has 4 N–H and O–H groups in total. The van der Waals surface area contributed by atoms with Gasteiger partial charge < -0.3 is 34.3 Å². The zero-order valence-electron chi connectivity index (χ0n) is 43.2. The molecule has 0 aromatic carbocycles. The fourth-order valence-electron chi connectivity index (χ4n) is 8.56. The second-order valence-corrected chi connectivity index (χ2v) is 20.2. The summed E-state index contributed by atoms with van der Waals surface area (Å²) in [5, 5.41) is 30.8. The van der Waals surface area contributed by atoms with Crippen LogP contribution in [0.2, 0.25) is 0 Å². The lowest BCUT2D eigenvalue weighted by Crippen LogP contribution is -2.60. The Hall–Kier alpha value is -1.68. The Labute approximate surface area is 415 Å². The normalized spacial score (nSPS) is 19.5. The van der Waals surface area contributed by atoms with Gasteiger partial charge >= 0.3 is 16.4 Å². The zero-order chi connectivity index (χ0) is 49.6. The first-order chi connectivity index (χ1) is 33.1.